The monoisotopic (exact) mass is 363 g/mol. The number of hydrogen-bond acceptors (Lipinski definition) is 4. The van der Waals surface area contributed by atoms with E-state index in [4.69, 9.17) is 11.6 Å². The van der Waals surface area contributed by atoms with Crippen LogP contribution >= 0.6 is 27.5 Å². The summed E-state index contributed by atoms with van der Waals surface area (Å²) in [5, 5.41) is 0.618. The molecule has 86 valence electrons. The molecule has 17 heavy (non-hydrogen) atoms. The summed E-state index contributed by atoms with van der Waals surface area (Å²) in [5.74, 6) is -0.115. The zero-order valence-corrected chi connectivity index (χ0v) is 14.8. The van der Waals surface area contributed by atoms with Crippen molar-refractivity contribution in [3.05, 3.63) is 27.8 Å². The Balaban J connectivity index is 0.00000144. The van der Waals surface area contributed by atoms with Crippen molar-refractivity contribution >= 4 is 48.8 Å². The Hall–Kier alpha value is 0.876. The van der Waals surface area contributed by atoms with Crippen molar-refractivity contribution in [2.45, 2.75) is 0 Å². The molecule has 5 nitrogen and oxygen atoms in total. The molecule has 1 aromatic heterocycles. The number of aromatic nitrogens is 1. The van der Waals surface area contributed by atoms with Crippen molar-refractivity contribution in [3.63, 3.8) is 0 Å². The molecule has 0 spiro atoms. The quantitative estimate of drug-likeness (QED) is 0.439. The van der Waals surface area contributed by atoms with Crippen LogP contribution in [0.25, 0.3) is 10.9 Å². The average Bonchev–Trinajstić information content (AvgIpc) is 2.53. The van der Waals surface area contributed by atoms with E-state index in [1.807, 2.05) is 0 Å². The molecule has 0 aliphatic rings. The first-order chi connectivity index (χ1) is 7.38. The van der Waals surface area contributed by atoms with E-state index in [2.05, 4.69) is 25.1 Å². The third-order valence-corrected chi connectivity index (χ3v) is 3.56. The fourth-order valence-corrected chi connectivity index (χ4v) is 2.24. The van der Waals surface area contributed by atoms with Gasteiger partial charge in [0.1, 0.15) is 0 Å². The second-order valence-corrected chi connectivity index (χ2v) is 5.14. The van der Waals surface area contributed by atoms with Crippen molar-refractivity contribution in [2.24, 2.45) is 0 Å². The number of hydrogen-bond donors (Lipinski definition) is 1. The standard InChI is InChI=1S/C8H5BrClNO4S.K/c9-4-1-2-5-7(8(4)10)6(3-11-5)15-16(12,13)14;/h1-3,11H,(H,12,13,14);/q;+1/p-1. The average molecular weight is 365 g/mol. The summed E-state index contributed by atoms with van der Waals surface area (Å²) in [6.45, 7) is 0. The molecular weight excluding hydrogens is 361 g/mol. The molecule has 2 rings (SSSR count). The van der Waals surface area contributed by atoms with E-state index >= 15 is 0 Å². The van der Waals surface area contributed by atoms with Crippen LogP contribution in [0.2, 0.25) is 5.02 Å². The predicted molar refractivity (Wildman–Crippen MR) is 61.3 cm³/mol. The minimum Gasteiger partial charge on any atom is -0.716 e. The molecule has 0 saturated carbocycles. The number of fused-ring (bicyclic) bond motifs is 1. The molecule has 1 heterocycles. The molecule has 0 bridgehead atoms. The Morgan fingerprint density at radius 1 is 1.41 bits per heavy atom. The van der Waals surface area contributed by atoms with E-state index in [0.29, 0.717) is 15.4 Å². The summed E-state index contributed by atoms with van der Waals surface area (Å²) >= 11 is 9.14. The second kappa shape index (κ2) is 5.89. The molecule has 2 aromatic rings. The Kier molecular flexibility index (Phi) is 5.52. The number of halogens is 2. The second-order valence-electron chi connectivity index (χ2n) is 2.93. The normalized spacial score (nSPS) is 11.2. The van der Waals surface area contributed by atoms with E-state index in [9.17, 15) is 13.0 Å². The van der Waals surface area contributed by atoms with Gasteiger partial charge in [-0.1, -0.05) is 11.6 Å². The molecule has 1 N–H and O–H groups in total. The number of benzene rings is 1. The molecule has 0 amide bonds. The van der Waals surface area contributed by atoms with Gasteiger partial charge in [-0.25, -0.2) is 8.42 Å². The van der Waals surface area contributed by atoms with Crippen molar-refractivity contribution in [1.82, 2.24) is 4.98 Å². The van der Waals surface area contributed by atoms with Gasteiger partial charge in [0.2, 0.25) is 0 Å². The largest absolute Gasteiger partial charge is 1.00 e. The first kappa shape index (κ1) is 15.9. The minimum atomic E-state index is -4.81. The Labute approximate surface area is 153 Å². The maximum absolute atomic E-state index is 10.5. The van der Waals surface area contributed by atoms with Crippen molar-refractivity contribution in [1.29, 1.82) is 0 Å². The SMILES string of the molecule is O=S(=O)([O-])Oc1c[nH]c2ccc(Br)c(Cl)c12.[K+]. The zero-order valence-electron chi connectivity index (χ0n) is 8.53. The van der Waals surface area contributed by atoms with Crippen LogP contribution in [0.15, 0.2) is 22.8 Å². The smallest absolute Gasteiger partial charge is 0.716 e. The molecule has 0 atom stereocenters. The number of rotatable bonds is 2. The maximum Gasteiger partial charge on any atom is 1.00 e. The van der Waals surface area contributed by atoms with Crippen LogP contribution in [0.5, 0.6) is 5.75 Å². The fraction of sp³-hybridized carbons (Fsp3) is 0. The number of H-pyrrole nitrogens is 1. The maximum atomic E-state index is 10.5. The van der Waals surface area contributed by atoms with Gasteiger partial charge in [0.05, 0.1) is 15.9 Å². The molecule has 0 aliphatic heterocycles. The minimum absolute atomic E-state index is 0. The summed E-state index contributed by atoms with van der Waals surface area (Å²) in [4.78, 5) is 2.75. The summed E-state index contributed by atoms with van der Waals surface area (Å²) in [6, 6.07) is 3.37. The van der Waals surface area contributed by atoms with Crippen LogP contribution in [0.3, 0.4) is 0 Å². The van der Waals surface area contributed by atoms with E-state index in [0.717, 1.165) is 0 Å². The van der Waals surface area contributed by atoms with Gasteiger partial charge in [-0.3, -0.25) is 0 Å². The van der Waals surface area contributed by atoms with Crippen molar-refractivity contribution < 1.29 is 68.5 Å². The molecule has 1 aromatic carbocycles. The summed E-state index contributed by atoms with van der Waals surface area (Å²) in [7, 11) is -4.81. The van der Waals surface area contributed by atoms with Crippen LogP contribution in [-0.2, 0) is 10.4 Å². The fourth-order valence-electron chi connectivity index (χ4n) is 1.30. The van der Waals surface area contributed by atoms with Gasteiger partial charge < -0.3 is 13.7 Å². The zero-order chi connectivity index (χ0) is 11.9. The Bertz CT molecular complexity index is 657. The third-order valence-electron chi connectivity index (χ3n) is 1.89. The summed E-state index contributed by atoms with van der Waals surface area (Å²) < 4.78 is 36.3. The third kappa shape index (κ3) is 3.68. The number of aromatic amines is 1. The predicted octanol–water partition coefficient (Wildman–Crippen LogP) is -0.573. The van der Waals surface area contributed by atoms with Gasteiger partial charge in [0.25, 0.3) is 10.4 Å². The Morgan fingerprint density at radius 3 is 2.65 bits per heavy atom. The van der Waals surface area contributed by atoms with Gasteiger partial charge in [0.15, 0.2) is 5.75 Å². The summed E-state index contributed by atoms with van der Waals surface area (Å²) in [6.07, 6.45) is 1.26. The molecule has 0 unspecified atom stereocenters. The van der Waals surface area contributed by atoms with E-state index in [1.165, 1.54) is 6.20 Å². The van der Waals surface area contributed by atoms with Gasteiger partial charge in [-0.2, -0.15) is 0 Å². The summed E-state index contributed by atoms with van der Waals surface area (Å²) in [5.41, 5.74) is 0.576. The molecule has 0 saturated heterocycles. The molecular formula is C8H4BrClKNO4S. The molecule has 0 aliphatic carbocycles. The van der Waals surface area contributed by atoms with E-state index < -0.39 is 10.4 Å². The van der Waals surface area contributed by atoms with Crippen LogP contribution in [-0.4, -0.2) is 18.0 Å². The van der Waals surface area contributed by atoms with Crippen molar-refractivity contribution in [2.75, 3.05) is 0 Å². The van der Waals surface area contributed by atoms with Crippen LogP contribution in [0.4, 0.5) is 0 Å². The van der Waals surface area contributed by atoms with Crippen LogP contribution < -0.4 is 55.6 Å². The van der Waals surface area contributed by atoms with Gasteiger partial charge in [0, 0.05) is 10.7 Å². The number of nitrogens with one attached hydrogen (secondary N) is 1. The topological polar surface area (TPSA) is 82.2 Å². The van der Waals surface area contributed by atoms with Crippen molar-refractivity contribution in [3.8, 4) is 5.75 Å². The van der Waals surface area contributed by atoms with Gasteiger partial charge in [-0.05, 0) is 28.1 Å². The Morgan fingerprint density at radius 2 is 2.06 bits per heavy atom. The molecule has 9 heteroatoms. The van der Waals surface area contributed by atoms with E-state index in [-0.39, 0.29) is 62.2 Å². The van der Waals surface area contributed by atoms with Gasteiger partial charge >= 0.3 is 51.4 Å². The van der Waals surface area contributed by atoms with Gasteiger partial charge in [-0.15, -0.1) is 0 Å². The van der Waals surface area contributed by atoms with Crippen LogP contribution in [0, 0.1) is 0 Å². The van der Waals surface area contributed by atoms with E-state index in [1.54, 1.807) is 12.1 Å². The molecule has 0 radical (unpaired) electrons. The first-order valence-corrected chi connectivity index (χ1v) is 6.49. The molecule has 0 fully saturated rings. The first-order valence-electron chi connectivity index (χ1n) is 3.99. The van der Waals surface area contributed by atoms with Crippen LogP contribution in [0.1, 0.15) is 0 Å².